The summed E-state index contributed by atoms with van der Waals surface area (Å²) in [7, 11) is 0. The van der Waals surface area contributed by atoms with E-state index in [0.29, 0.717) is 10.7 Å². The summed E-state index contributed by atoms with van der Waals surface area (Å²) in [5.41, 5.74) is 1.75. The first-order chi connectivity index (χ1) is 16.4. The molecule has 3 aromatic rings. The summed E-state index contributed by atoms with van der Waals surface area (Å²) < 4.78 is 0.906. The smallest absolute Gasteiger partial charge is 0.305 e. The Morgan fingerprint density at radius 2 is 1.62 bits per heavy atom. The predicted octanol–water partition coefficient (Wildman–Crippen LogP) is 5.53. The van der Waals surface area contributed by atoms with Gasteiger partial charge < -0.3 is 4.98 Å². The third-order valence-electron chi connectivity index (χ3n) is 8.04. The van der Waals surface area contributed by atoms with Gasteiger partial charge in [-0.25, -0.2) is 0 Å². The van der Waals surface area contributed by atoms with Crippen molar-refractivity contribution in [3.63, 3.8) is 0 Å². The Kier molecular flexibility index (Phi) is 4.76. The van der Waals surface area contributed by atoms with E-state index in [2.05, 4.69) is 20.9 Å². The number of hydrogen-bond acceptors (Lipinski definition) is 5. The minimum Gasteiger partial charge on any atom is -0.307 e. The van der Waals surface area contributed by atoms with Crippen LogP contribution in [0, 0.1) is 29.6 Å². The Hall–Kier alpha value is -1.87. The quantitative estimate of drug-likeness (QED) is 0.409. The van der Waals surface area contributed by atoms with Crippen LogP contribution in [0.2, 0.25) is 5.02 Å². The lowest BCUT2D eigenvalue weighted by atomic mass is 9.68. The van der Waals surface area contributed by atoms with E-state index in [1.54, 1.807) is 11.8 Å². The van der Waals surface area contributed by atoms with Crippen LogP contribution in [-0.2, 0) is 9.59 Å². The Bertz CT molecular complexity index is 1400. The first-order valence-electron chi connectivity index (χ1n) is 11.2. The van der Waals surface area contributed by atoms with Crippen molar-refractivity contribution in [2.24, 2.45) is 29.6 Å². The average molecular weight is 574 g/mol. The highest BCUT2D eigenvalue weighted by Gasteiger charge is 2.69. The Balaban J connectivity index is 1.32. The number of halogens is 2. The van der Waals surface area contributed by atoms with Crippen molar-refractivity contribution in [1.82, 2.24) is 4.98 Å². The normalized spacial score (nSPS) is 33.2. The lowest BCUT2D eigenvalue weighted by molar-refractivity contribution is -0.123. The zero-order valence-corrected chi connectivity index (χ0v) is 21.6. The number of aromatic nitrogens is 1. The summed E-state index contributed by atoms with van der Waals surface area (Å²) in [5.74, 6) is -0.292. The maximum atomic E-state index is 13.7. The van der Waals surface area contributed by atoms with Gasteiger partial charge in [-0.15, -0.1) is 11.8 Å². The third kappa shape index (κ3) is 2.89. The van der Waals surface area contributed by atoms with Gasteiger partial charge in [-0.2, -0.15) is 0 Å². The molecule has 0 spiro atoms. The lowest BCUT2D eigenvalue weighted by Crippen LogP contribution is -2.42. The number of hydrogen-bond donors (Lipinski definition) is 1. The third-order valence-corrected chi connectivity index (χ3v) is 11.4. The molecule has 0 unspecified atom stereocenters. The lowest BCUT2D eigenvalue weighted by Gasteiger charge is -2.43. The fourth-order valence-electron chi connectivity index (χ4n) is 6.90. The molecule has 1 saturated heterocycles. The van der Waals surface area contributed by atoms with Crippen LogP contribution in [0.4, 0.5) is 5.69 Å². The van der Waals surface area contributed by atoms with Gasteiger partial charge in [0.05, 0.1) is 22.5 Å². The van der Waals surface area contributed by atoms with E-state index in [1.165, 1.54) is 16.2 Å². The van der Waals surface area contributed by atoms with Crippen LogP contribution < -0.4 is 9.77 Å². The molecule has 34 heavy (non-hydrogen) atoms. The van der Waals surface area contributed by atoms with Crippen LogP contribution >= 0.6 is 50.6 Å². The Morgan fingerprint density at radius 3 is 2.32 bits per heavy atom. The number of amides is 2. The summed E-state index contributed by atoms with van der Waals surface area (Å²) in [5, 5.41) is 1.77. The standard InChI is InChI=1S/C25H18BrClN2O3S2/c26-11-3-7-13(8-4-11)29-23(30)18-14-9-15(19(18)24(29)31)20-17(14)16(10-1-5-12(27)6-2-10)21-22(33-20)28-25(32)34-21/h1-8,14-20H,9H2,(H,28,32)/t14-,15-,16+,17+,18+,19+,20-/m1/s1. The van der Waals surface area contributed by atoms with Crippen molar-refractivity contribution in [2.75, 3.05) is 4.90 Å². The van der Waals surface area contributed by atoms with Crippen molar-refractivity contribution in [2.45, 2.75) is 22.6 Å². The van der Waals surface area contributed by atoms with Gasteiger partial charge in [0.1, 0.15) is 0 Å². The zero-order valence-electron chi connectivity index (χ0n) is 17.6. The number of carbonyl (C=O) groups excluding carboxylic acids is 2. The molecule has 3 heterocycles. The molecule has 1 aromatic heterocycles. The van der Waals surface area contributed by atoms with Crippen LogP contribution in [-0.4, -0.2) is 22.0 Å². The van der Waals surface area contributed by atoms with Crippen molar-refractivity contribution in [3.8, 4) is 0 Å². The Labute approximate surface area is 217 Å². The molecule has 2 saturated carbocycles. The van der Waals surface area contributed by atoms with E-state index < -0.39 is 0 Å². The first kappa shape index (κ1) is 21.4. The van der Waals surface area contributed by atoms with Crippen molar-refractivity contribution in [3.05, 3.63) is 78.1 Å². The number of nitrogens with zero attached hydrogens (tertiary/aromatic N) is 1. The molecular formula is C25H18BrClN2O3S2. The number of H-pyrrole nitrogens is 1. The fourth-order valence-corrected chi connectivity index (χ4v) is 10.2. The molecule has 0 radical (unpaired) electrons. The van der Waals surface area contributed by atoms with Gasteiger partial charge in [0.15, 0.2) is 0 Å². The van der Waals surface area contributed by atoms with Gasteiger partial charge in [-0.05, 0) is 66.1 Å². The minimum absolute atomic E-state index is 0.0167. The molecule has 2 aliphatic heterocycles. The molecule has 2 aliphatic carbocycles. The molecule has 3 fully saturated rings. The molecule has 2 amide bonds. The van der Waals surface area contributed by atoms with E-state index in [0.717, 1.165) is 26.4 Å². The van der Waals surface area contributed by atoms with Gasteiger partial charge in [0, 0.05) is 25.5 Å². The highest BCUT2D eigenvalue weighted by molar-refractivity contribution is 9.10. The second-order valence-corrected chi connectivity index (χ2v) is 13.1. The number of aromatic amines is 1. The number of imide groups is 1. The van der Waals surface area contributed by atoms with Crippen LogP contribution in [0.25, 0.3) is 0 Å². The molecule has 5 nitrogen and oxygen atoms in total. The topological polar surface area (TPSA) is 70.2 Å². The van der Waals surface area contributed by atoms with E-state index in [1.807, 2.05) is 48.5 Å². The molecule has 7 atom stereocenters. The fraction of sp³-hybridized carbons (Fsp3) is 0.320. The number of carbonyl (C=O) groups is 2. The second-order valence-electron chi connectivity index (χ2n) is 9.50. The van der Waals surface area contributed by atoms with Crippen LogP contribution in [0.15, 0.2) is 62.8 Å². The van der Waals surface area contributed by atoms with Crippen LogP contribution in [0.5, 0.6) is 0 Å². The summed E-state index contributed by atoms with van der Waals surface area (Å²) >= 11 is 12.6. The molecule has 2 bridgehead atoms. The summed E-state index contributed by atoms with van der Waals surface area (Å²) in [6, 6.07) is 15.2. The molecule has 4 aliphatic rings. The van der Waals surface area contributed by atoms with Crippen LogP contribution in [0.1, 0.15) is 22.8 Å². The maximum Gasteiger partial charge on any atom is 0.305 e. The number of thiazole rings is 1. The summed E-state index contributed by atoms with van der Waals surface area (Å²) in [6.45, 7) is 0. The largest absolute Gasteiger partial charge is 0.307 e. The Morgan fingerprint density at radius 1 is 0.941 bits per heavy atom. The van der Waals surface area contributed by atoms with E-state index in [9.17, 15) is 14.4 Å². The van der Waals surface area contributed by atoms with E-state index in [4.69, 9.17) is 11.6 Å². The number of rotatable bonds is 2. The highest BCUT2D eigenvalue weighted by atomic mass is 79.9. The average Bonchev–Trinajstić information content (AvgIpc) is 3.54. The van der Waals surface area contributed by atoms with Gasteiger partial charge in [-0.1, -0.05) is 51.0 Å². The monoisotopic (exact) mass is 572 g/mol. The second kappa shape index (κ2) is 7.56. The SMILES string of the molecule is O=C1[C@H]2[C@H]3C[C@@H]([C@@H]2C(=O)N1c1ccc(Br)cc1)[C@H]1[C@H](c2ccc(Cl)cc2)c2sc(=O)[nH]c2S[C@H]31. The van der Waals surface area contributed by atoms with E-state index in [-0.39, 0.29) is 57.4 Å². The van der Waals surface area contributed by atoms with Gasteiger partial charge in [0.2, 0.25) is 11.8 Å². The molecular weight excluding hydrogens is 556 g/mol. The van der Waals surface area contributed by atoms with E-state index >= 15 is 0 Å². The van der Waals surface area contributed by atoms with Crippen molar-refractivity contribution >= 4 is 68.1 Å². The number of nitrogens with one attached hydrogen (secondary N) is 1. The summed E-state index contributed by atoms with van der Waals surface area (Å²) in [6.07, 6.45) is 0.882. The number of fused-ring (bicyclic) bond motifs is 9. The van der Waals surface area contributed by atoms with Gasteiger partial charge >= 0.3 is 4.87 Å². The zero-order chi connectivity index (χ0) is 23.3. The molecule has 7 rings (SSSR count). The highest BCUT2D eigenvalue weighted by Crippen LogP contribution is 2.68. The summed E-state index contributed by atoms with van der Waals surface area (Å²) in [4.78, 5) is 45.1. The van der Waals surface area contributed by atoms with Crippen LogP contribution in [0.3, 0.4) is 0 Å². The minimum atomic E-state index is -0.296. The first-order valence-corrected chi connectivity index (χ1v) is 14.1. The van der Waals surface area contributed by atoms with Gasteiger partial charge in [0.25, 0.3) is 0 Å². The molecule has 1 N–H and O–H groups in total. The number of thioether (sulfide) groups is 1. The molecule has 9 heteroatoms. The van der Waals surface area contributed by atoms with Crippen molar-refractivity contribution < 1.29 is 9.59 Å². The van der Waals surface area contributed by atoms with Gasteiger partial charge in [-0.3, -0.25) is 19.3 Å². The molecule has 2 aromatic carbocycles. The van der Waals surface area contributed by atoms with Crippen molar-refractivity contribution in [1.29, 1.82) is 0 Å². The predicted molar refractivity (Wildman–Crippen MR) is 137 cm³/mol. The number of benzene rings is 2. The molecule has 172 valence electrons. The maximum absolute atomic E-state index is 13.7. The number of anilines is 1.